The van der Waals surface area contributed by atoms with Gasteiger partial charge < -0.3 is 14.8 Å². The van der Waals surface area contributed by atoms with Gasteiger partial charge in [-0.05, 0) is 61.8 Å². The van der Waals surface area contributed by atoms with Gasteiger partial charge >= 0.3 is 0 Å². The first-order valence-electron chi connectivity index (χ1n) is 9.71. The van der Waals surface area contributed by atoms with E-state index in [4.69, 9.17) is 26.8 Å². The molecule has 29 heavy (non-hydrogen) atoms. The van der Waals surface area contributed by atoms with E-state index < -0.39 is 0 Å². The molecule has 1 fully saturated rings. The number of anilines is 2. The predicted molar refractivity (Wildman–Crippen MR) is 117 cm³/mol. The molecule has 0 spiro atoms. The van der Waals surface area contributed by atoms with Gasteiger partial charge in [0.25, 0.3) is 0 Å². The Bertz CT molecular complexity index is 1080. The van der Waals surface area contributed by atoms with E-state index in [1.54, 1.807) is 0 Å². The van der Waals surface area contributed by atoms with Gasteiger partial charge in [-0.1, -0.05) is 35.1 Å². The Hall–Kier alpha value is -2.42. The second kappa shape index (κ2) is 7.78. The van der Waals surface area contributed by atoms with Crippen molar-refractivity contribution >= 4 is 34.4 Å². The highest BCUT2D eigenvalue weighted by Gasteiger charge is 2.28. The summed E-state index contributed by atoms with van der Waals surface area (Å²) < 4.78 is 13.7. The molecule has 1 N–H and O–H groups in total. The van der Waals surface area contributed by atoms with E-state index in [1.165, 1.54) is 22.5 Å². The summed E-state index contributed by atoms with van der Waals surface area (Å²) in [6.45, 7) is 4.09. The number of rotatable bonds is 5. The van der Waals surface area contributed by atoms with Gasteiger partial charge in [-0.25, -0.2) is 4.68 Å². The van der Waals surface area contributed by atoms with Crippen molar-refractivity contribution in [2.45, 2.75) is 32.5 Å². The van der Waals surface area contributed by atoms with Crippen LogP contribution in [0.15, 0.2) is 42.5 Å². The van der Waals surface area contributed by atoms with Crippen molar-refractivity contribution in [3.8, 4) is 11.5 Å². The van der Waals surface area contributed by atoms with Gasteiger partial charge in [0.1, 0.15) is 0 Å². The molecule has 0 bridgehead atoms. The van der Waals surface area contributed by atoms with E-state index in [0.29, 0.717) is 19.5 Å². The normalized spacial score (nSPS) is 18.3. The fourth-order valence-electron chi connectivity index (χ4n) is 3.87. The van der Waals surface area contributed by atoms with Gasteiger partial charge in [-0.3, -0.25) is 4.90 Å². The van der Waals surface area contributed by atoms with Crippen LogP contribution in [0.2, 0.25) is 0 Å². The molecular formula is C21H22N4O2S2. The molecule has 150 valence electrons. The molecule has 5 rings (SSSR count). The minimum atomic E-state index is 0.303. The first-order valence-corrected chi connectivity index (χ1v) is 10.9. The van der Waals surface area contributed by atoms with Crippen LogP contribution >= 0.6 is 23.6 Å². The number of nitrogens with zero attached hydrogens (tertiary/aromatic N) is 3. The molecule has 2 aromatic carbocycles. The van der Waals surface area contributed by atoms with Gasteiger partial charge in [-0.15, -0.1) is 5.10 Å². The lowest BCUT2D eigenvalue weighted by Gasteiger charge is -2.24. The van der Waals surface area contributed by atoms with Gasteiger partial charge in [0, 0.05) is 18.3 Å². The number of benzene rings is 2. The van der Waals surface area contributed by atoms with Gasteiger partial charge in [0.2, 0.25) is 11.9 Å². The van der Waals surface area contributed by atoms with Crippen LogP contribution in [0.3, 0.4) is 0 Å². The molecule has 0 amide bonds. The quantitative estimate of drug-likeness (QED) is 0.563. The number of fused-ring (bicyclic) bond motifs is 1. The van der Waals surface area contributed by atoms with Crippen molar-refractivity contribution in [1.29, 1.82) is 0 Å². The van der Waals surface area contributed by atoms with Crippen LogP contribution < -0.4 is 14.8 Å². The van der Waals surface area contributed by atoms with Gasteiger partial charge in [-0.2, -0.15) is 0 Å². The minimum absolute atomic E-state index is 0.303. The summed E-state index contributed by atoms with van der Waals surface area (Å²) >= 11 is 7.08. The zero-order chi connectivity index (χ0) is 19.8. The monoisotopic (exact) mass is 426 g/mol. The number of hydrogen-bond acceptors (Lipinski definition) is 7. The molecule has 0 aliphatic carbocycles. The SMILES string of the molecule is Cc1ccc(Nc2nn(CN3CCCC3c3ccc4c(c3)OCO4)c(=S)s2)cc1. The third-order valence-electron chi connectivity index (χ3n) is 5.37. The third kappa shape index (κ3) is 3.88. The summed E-state index contributed by atoms with van der Waals surface area (Å²) in [5, 5.41) is 8.89. The average molecular weight is 427 g/mol. The van der Waals surface area contributed by atoms with Crippen LogP contribution in [0.25, 0.3) is 0 Å². The van der Waals surface area contributed by atoms with Gasteiger partial charge in [0.05, 0.1) is 6.67 Å². The lowest BCUT2D eigenvalue weighted by Crippen LogP contribution is -2.26. The lowest BCUT2D eigenvalue weighted by atomic mass is 10.0. The molecule has 3 heterocycles. The Kier molecular flexibility index (Phi) is 4.99. The number of ether oxygens (including phenoxy) is 2. The van der Waals surface area contributed by atoms with E-state index >= 15 is 0 Å². The average Bonchev–Trinajstić information content (AvgIpc) is 3.44. The highest BCUT2D eigenvalue weighted by atomic mass is 32.1. The van der Waals surface area contributed by atoms with E-state index in [-0.39, 0.29) is 0 Å². The lowest BCUT2D eigenvalue weighted by molar-refractivity contribution is 0.173. The maximum atomic E-state index is 5.58. The van der Waals surface area contributed by atoms with Crippen molar-refractivity contribution in [3.63, 3.8) is 0 Å². The summed E-state index contributed by atoms with van der Waals surface area (Å²) in [6, 6.07) is 14.9. The largest absolute Gasteiger partial charge is 0.454 e. The second-order valence-corrected chi connectivity index (χ2v) is 9.01. The second-order valence-electron chi connectivity index (χ2n) is 7.39. The molecule has 1 saturated heterocycles. The topological polar surface area (TPSA) is 51.6 Å². The van der Waals surface area contributed by atoms with Crippen molar-refractivity contribution in [2.75, 3.05) is 18.7 Å². The van der Waals surface area contributed by atoms with E-state index in [0.717, 1.165) is 45.7 Å². The minimum Gasteiger partial charge on any atom is -0.454 e. The predicted octanol–water partition coefficient (Wildman–Crippen LogP) is 5.25. The smallest absolute Gasteiger partial charge is 0.231 e. The van der Waals surface area contributed by atoms with Crippen LogP contribution in [-0.4, -0.2) is 28.0 Å². The van der Waals surface area contributed by atoms with Gasteiger partial charge in [0.15, 0.2) is 15.5 Å². The Morgan fingerprint density at radius 3 is 2.86 bits per heavy atom. The summed E-state index contributed by atoms with van der Waals surface area (Å²) in [5.41, 5.74) is 3.51. The van der Waals surface area contributed by atoms with Crippen LogP contribution in [-0.2, 0) is 6.67 Å². The van der Waals surface area contributed by atoms with Crippen LogP contribution in [0.1, 0.15) is 30.0 Å². The van der Waals surface area contributed by atoms with E-state index in [1.807, 2.05) is 10.7 Å². The zero-order valence-electron chi connectivity index (χ0n) is 16.1. The molecule has 1 aromatic heterocycles. The number of hydrogen-bond donors (Lipinski definition) is 1. The molecule has 0 saturated carbocycles. The molecule has 8 heteroatoms. The molecule has 1 unspecified atom stereocenters. The Morgan fingerprint density at radius 2 is 2.00 bits per heavy atom. The fourth-order valence-corrected chi connectivity index (χ4v) is 4.88. The van der Waals surface area contributed by atoms with Crippen LogP contribution in [0.5, 0.6) is 11.5 Å². The number of aromatic nitrogens is 2. The van der Waals surface area contributed by atoms with Crippen LogP contribution in [0.4, 0.5) is 10.8 Å². The standard InChI is InChI=1S/C21H22N4O2S2/c1-14-4-7-16(8-5-14)22-20-23-25(21(28)29-20)12-24-10-2-3-17(24)15-6-9-18-19(11-15)27-13-26-18/h4-9,11,17H,2-3,10,12-13H2,1H3,(H,22,23). The Balaban J connectivity index is 1.32. The molecule has 3 aromatic rings. The first kappa shape index (κ1) is 18.6. The molecule has 0 radical (unpaired) electrons. The summed E-state index contributed by atoms with van der Waals surface area (Å²) in [7, 11) is 0. The zero-order valence-corrected chi connectivity index (χ0v) is 17.8. The highest BCUT2D eigenvalue weighted by molar-refractivity contribution is 7.73. The molecule has 2 aliphatic heterocycles. The maximum Gasteiger partial charge on any atom is 0.231 e. The summed E-state index contributed by atoms with van der Waals surface area (Å²) in [5.74, 6) is 1.66. The number of likely N-dealkylation sites (tertiary alicyclic amines) is 1. The molecule has 6 nitrogen and oxygen atoms in total. The molecule has 1 atom stereocenters. The Morgan fingerprint density at radius 1 is 1.17 bits per heavy atom. The Labute approximate surface area is 178 Å². The summed E-state index contributed by atoms with van der Waals surface area (Å²) in [4.78, 5) is 2.43. The first-order chi connectivity index (χ1) is 14.2. The number of aryl methyl sites for hydroxylation is 1. The van der Waals surface area contributed by atoms with Crippen molar-refractivity contribution in [3.05, 3.63) is 57.5 Å². The summed E-state index contributed by atoms with van der Waals surface area (Å²) in [6.07, 6.45) is 2.27. The van der Waals surface area contributed by atoms with Crippen molar-refractivity contribution in [1.82, 2.24) is 14.7 Å². The van der Waals surface area contributed by atoms with Crippen molar-refractivity contribution < 1.29 is 9.47 Å². The fraction of sp³-hybridized carbons (Fsp3) is 0.333. The maximum absolute atomic E-state index is 5.58. The third-order valence-corrected chi connectivity index (χ3v) is 6.59. The van der Waals surface area contributed by atoms with Crippen molar-refractivity contribution in [2.24, 2.45) is 0 Å². The molecule has 2 aliphatic rings. The number of nitrogens with one attached hydrogen (secondary N) is 1. The van der Waals surface area contributed by atoms with E-state index in [2.05, 4.69) is 53.5 Å². The molecular weight excluding hydrogens is 404 g/mol. The van der Waals surface area contributed by atoms with Crippen LogP contribution in [0, 0.1) is 10.9 Å². The highest BCUT2D eigenvalue weighted by Crippen LogP contribution is 2.39. The van der Waals surface area contributed by atoms with E-state index in [9.17, 15) is 0 Å².